The Kier molecular flexibility index (Phi) is 7.69. The zero-order valence-electron chi connectivity index (χ0n) is 19.4. The summed E-state index contributed by atoms with van der Waals surface area (Å²) in [4.78, 5) is 0. The Hall–Kier alpha value is -1.56. The quantitative estimate of drug-likeness (QED) is 0.432. The van der Waals surface area contributed by atoms with Crippen LogP contribution < -0.4 is 0 Å². The lowest BCUT2D eigenvalue weighted by Crippen LogP contribution is -2.17. The van der Waals surface area contributed by atoms with E-state index in [9.17, 15) is 0 Å². The SMILES string of the molecule is CCCC1CCC(CCC2CCC(c3ccc(-c4ccc(C)cc4)cc3)CC2)CC1. The third kappa shape index (κ3) is 5.77. The molecule has 0 radical (unpaired) electrons. The van der Waals surface area contributed by atoms with E-state index < -0.39 is 0 Å². The van der Waals surface area contributed by atoms with Gasteiger partial charge in [-0.3, -0.25) is 0 Å². The fraction of sp³-hybridized carbons (Fsp3) is 0.600. The van der Waals surface area contributed by atoms with Gasteiger partial charge < -0.3 is 0 Å². The molecular weight excluding hydrogens is 360 g/mol. The van der Waals surface area contributed by atoms with Gasteiger partial charge in [-0.15, -0.1) is 0 Å². The highest BCUT2D eigenvalue weighted by molar-refractivity contribution is 5.64. The first-order valence-electron chi connectivity index (χ1n) is 12.9. The van der Waals surface area contributed by atoms with Crippen LogP contribution in [0, 0.1) is 24.7 Å². The normalized spacial score (nSPS) is 27.1. The lowest BCUT2D eigenvalue weighted by Gasteiger charge is -2.32. The second-order valence-electron chi connectivity index (χ2n) is 10.5. The molecule has 30 heavy (non-hydrogen) atoms. The summed E-state index contributed by atoms with van der Waals surface area (Å²) in [5, 5.41) is 0. The smallest absolute Gasteiger partial charge is 0.0162 e. The van der Waals surface area contributed by atoms with Crippen molar-refractivity contribution >= 4 is 0 Å². The second kappa shape index (κ2) is 10.7. The Bertz CT molecular complexity index is 738. The summed E-state index contributed by atoms with van der Waals surface area (Å²) in [6.07, 6.45) is 17.7. The van der Waals surface area contributed by atoms with Gasteiger partial charge in [-0.25, -0.2) is 0 Å². The summed E-state index contributed by atoms with van der Waals surface area (Å²) in [5.41, 5.74) is 5.58. The summed E-state index contributed by atoms with van der Waals surface area (Å²) in [6, 6.07) is 18.4. The minimum atomic E-state index is 0.790. The van der Waals surface area contributed by atoms with E-state index in [-0.39, 0.29) is 0 Å². The number of hydrogen-bond donors (Lipinski definition) is 0. The number of hydrogen-bond acceptors (Lipinski definition) is 0. The van der Waals surface area contributed by atoms with Crippen molar-refractivity contribution in [3.63, 3.8) is 0 Å². The lowest BCUT2D eigenvalue weighted by molar-refractivity contribution is 0.224. The summed E-state index contributed by atoms with van der Waals surface area (Å²) in [7, 11) is 0. The molecule has 0 N–H and O–H groups in total. The highest BCUT2D eigenvalue weighted by Gasteiger charge is 2.25. The summed E-state index contributed by atoms with van der Waals surface area (Å²) >= 11 is 0. The van der Waals surface area contributed by atoms with E-state index in [1.807, 2.05) is 0 Å². The molecule has 2 aliphatic rings. The molecule has 0 heteroatoms. The van der Waals surface area contributed by atoms with Gasteiger partial charge in [0.2, 0.25) is 0 Å². The predicted molar refractivity (Wildman–Crippen MR) is 131 cm³/mol. The fourth-order valence-electron chi connectivity index (χ4n) is 6.17. The molecule has 0 saturated heterocycles. The number of benzene rings is 2. The van der Waals surface area contributed by atoms with Crippen molar-refractivity contribution in [2.45, 2.75) is 96.8 Å². The molecule has 0 spiro atoms. The van der Waals surface area contributed by atoms with Crippen LogP contribution in [0.5, 0.6) is 0 Å². The van der Waals surface area contributed by atoms with Gasteiger partial charge in [0, 0.05) is 0 Å². The van der Waals surface area contributed by atoms with E-state index in [0.29, 0.717) is 0 Å². The molecular formula is C30H42. The third-order valence-electron chi connectivity index (χ3n) is 8.26. The van der Waals surface area contributed by atoms with Crippen LogP contribution in [0.2, 0.25) is 0 Å². The molecule has 2 saturated carbocycles. The van der Waals surface area contributed by atoms with Crippen LogP contribution in [0.3, 0.4) is 0 Å². The molecule has 4 rings (SSSR count). The van der Waals surface area contributed by atoms with Crippen molar-refractivity contribution in [3.05, 3.63) is 59.7 Å². The van der Waals surface area contributed by atoms with Crippen molar-refractivity contribution in [1.29, 1.82) is 0 Å². The first kappa shape index (κ1) is 21.7. The molecule has 0 heterocycles. The first-order chi connectivity index (χ1) is 14.7. The average molecular weight is 403 g/mol. The minimum absolute atomic E-state index is 0.790. The molecule has 2 aromatic rings. The van der Waals surface area contributed by atoms with E-state index in [0.717, 1.165) is 23.7 Å². The summed E-state index contributed by atoms with van der Waals surface area (Å²) in [5.74, 6) is 3.89. The Morgan fingerprint density at radius 3 is 1.50 bits per heavy atom. The molecule has 162 valence electrons. The Balaban J connectivity index is 1.20. The first-order valence-corrected chi connectivity index (χ1v) is 12.9. The average Bonchev–Trinajstić information content (AvgIpc) is 2.80. The van der Waals surface area contributed by atoms with E-state index in [1.54, 1.807) is 5.56 Å². The Labute approximate surface area is 185 Å². The molecule has 2 aliphatic carbocycles. The second-order valence-corrected chi connectivity index (χ2v) is 10.5. The molecule has 0 amide bonds. The van der Waals surface area contributed by atoms with Crippen LogP contribution in [0.1, 0.15) is 101 Å². The zero-order valence-corrected chi connectivity index (χ0v) is 19.4. The van der Waals surface area contributed by atoms with Crippen molar-refractivity contribution in [2.75, 3.05) is 0 Å². The number of aryl methyl sites for hydroxylation is 1. The van der Waals surface area contributed by atoms with Gasteiger partial charge in [-0.05, 0) is 73.0 Å². The molecule has 2 aromatic carbocycles. The van der Waals surface area contributed by atoms with E-state index in [2.05, 4.69) is 62.4 Å². The maximum absolute atomic E-state index is 2.40. The van der Waals surface area contributed by atoms with Crippen LogP contribution in [0.25, 0.3) is 11.1 Å². The van der Waals surface area contributed by atoms with E-state index in [1.165, 1.54) is 93.7 Å². The van der Waals surface area contributed by atoms with Gasteiger partial charge >= 0.3 is 0 Å². The molecule has 2 fully saturated rings. The highest BCUT2D eigenvalue weighted by atomic mass is 14.3. The Morgan fingerprint density at radius 2 is 1.00 bits per heavy atom. The molecule has 0 unspecified atom stereocenters. The maximum Gasteiger partial charge on any atom is -0.0162 e. The molecule has 0 aromatic heterocycles. The number of rotatable bonds is 7. The van der Waals surface area contributed by atoms with Crippen molar-refractivity contribution in [2.24, 2.45) is 17.8 Å². The molecule has 0 nitrogen and oxygen atoms in total. The maximum atomic E-state index is 2.40. The van der Waals surface area contributed by atoms with E-state index >= 15 is 0 Å². The molecule has 0 bridgehead atoms. The van der Waals surface area contributed by atoms with Crippen molar-refractivity contribution in [3.8, 4) is 11.1 Å². The highest BCUT2D eigenvalue weighted by Crippen LogP contribution is 2.40. The van der Waals surface area contributed by atoms with Gasteiger partial charge in [-0.1, -0.05) is 112 Å². The van der Waals surface area contributed by atoms with Crippen LogP contribution in [-0.2, 0) is 0 Å². The van der Waals surface area contributed by atoms with Gasteiger partial charge in [0.15, 0.2) is 0 Å². The van der Waals surface area contributed by atoms with Crippen LogP contribution in [0.4, 0.5) is 0 Å². The lowest BCUT2D eigenvalue weighted by atomic mass is 9.74. The predicted octanol–water partition coefficient (Wildman–Crippen LogP) is 9.32. The molecule has 0 atom stereocenters. The fourth-order valence-corrected chi connectivity index (χ4v) is 6.17. The van der Waals surface area contributed by atoms with Gasteiger partial charge in [-0.2, -0.15) is 0 Å². The van der Waals surface area contributed by atoms with Crippen LogP contribution in [-0.4, -0.2) is 0 Å². The van der Waals surface area contributed by atoms with Gasteiger partial charge in [0.25, 0.3) is 0 Å². The van der Waals surface area contributed by atoms with Gasteiger partial charge in [0.05, 0.1) is 0 Å². The van der Waals surface area contributed by atoms with Crippen LogP contribution >= 0.6 is 0 Å². The van der Waals surface area contributed by atoms with Gasteiger partial charge in [0.1, 0.15) is 0 Å². The van der Waals surface area contributed by atoms with E-state index in [4.69, 9.17) is 0 Å². The minimum Gasteiger partial charge on any atom is -0.0654 e. The zero-order chi connectivity index (χ0) is 20.8. The largest absolute Gasteiger partial charge is 0.0654 e. The standard InChI is InChI=1S/C30H42/c1-3-4-24-7-9-25(10-8-24)11-12-26-13-17-28(18-14-26)30-21-19-29(20-22-30)27-15-5-23(2)6-16-27/h5-6,15-16,19-22,24-26,28H,3-4,7-14,17-18H2,1-2H3. The molecule has 0 aliphatic heterocycles. The summed E-state index contributed by atoms with van der Waals surface area (Å²) in [6.45, 7) is 4.50. The van der Waals surface area contributed by atoms with Crippen molar-refractivity contribution < 1.29 is 0 Å². The van der Waals surface area contributed by atoms with Crippen LogP contribution in [0.15, 0.2) is 48.5 Å². The monoisotopic (exact) mass is 402 g/mol. The van der Waals surface area contributed by atoms with Crippen molar-refractivity contribution in [1.82, 2.24) is 0 Å². The third-order valence-corrected chi connectivity index (χ3v) is 8.26. The topological polar surface area (TPSA) is 0 Å². The summed E-state index contributed by atoms with van der Waals surface area (Å²) < 4.78 is 0. The Morgan fingerprint density at radius 1 is 0.567 bits per heavy atom.